The molecule has 0 atom stereocenters. The van der Waals surface area contributed by atoms with Crippen molar-refractivity contribution in [3.8, 4) is 11.5 Å². The maximum atomic E-state index is 12.8. The quantitative estimate of drug-likeness (QED) is 0.339. The Morgan fingerprint density at radius 1 is 1.12 bits per heavy atom. The Bertz CT molecular complexity index is 916. The van der Waals surface area contributed by atoms with Crippen LogP contribution in [0.25, 0.3) is 11.5 Å². The van der Waals surface area contributed by atoms with Gasteiger partial charge < -0.3 is 24.3 Å². The van der Waals surface area contributed by atoms with E-state index in [1.807, 2.05) is 29.2 Å². The van der Waals surface area contributed by atoms with Crippen LogP contribution in [-0.2, 0) is 16.1 Å². The van der Waals surface area contributed by atoms with E-state index in [0.717, 1.165) is 49.7 Å². The summed E-state index contributed by atoms with van der Waals surface area (Å²) in [5, 5.41) is 3.38. The first-order chi connectivity index (χ1) is 15.6. The van der Waals surface area contributed by atoms with Gasteiger partial charge in [0, 0.05) is 44.2 Å². The number of hydrogen-bond donors (Lipinski definition) is 1. The molecule has 2 fully saturated rings. The zero-order valence-corrected chi connectivity index (χ0v) is 21.8. The summed E-state index contributed by atoms with van der Waals surface area (Å²) in [5.74, 6) is 1.85. The van der Waals surface area contributed by atoms with Crippen molar-refractivity contribution in [2.45, 2.75) is 33.2 Å². The number of piperidine rings is 1. The molecule has 2 aliphatic heterocycles. The number of amides is 1. The van der Waals surface area contributed by atoms with Crippen LogP contribution in [0.3, 0.4) is 0 Å². The summed E-state index contributed by atoms with van der Waals surface area (Å²) in [7, 11) is 0. The fraction of sp³-hybridized carbons (Fsp3) is 0.542. The highest BCUT2D eigenvalue weighted by Crippen LogP contribution is 2.22. The molecule has 0 saturated carbocycles. The molecule has 0 bridgehead atoms. The van der Waals surface area contributed by atoms with Crippen molar-refractivity contribution < 1.29 is 13.9 Å². The Morgan fingerprint density at radius 2 is 1.82 bits per heavy atom. The number of aromatic nitrogens is 1. The molecule has 0 aliphatic carbocycles. The van der Waals surface area contributed by atoms with E-state index in [0.29, 0.717) is 38.7 Å². The molecule has 0 radical (unpaired) electrons. The van der Waals surface area contributed by atoms with E-state index >= 15 is 0 Å². The lowest BCUT2D eigenvalue weighted by atomic mass is 9.95. The Balaban J connectivity index is 0.00000306. The van der Waals surface area contributed by atoms with Gasteiger partial charge in [-0.3, -0.25) is 4.79 Å². The molecular weight excluding hydrogens is 533 g/mol. The lowest BCUT2D eigenvalue weighted by molar-refractivity contribution is -0.140. The molecule has 0 spiro atoms. The lowest BCUT2D eigenvalue weighted by Gasteiger charge is -2.36. The van der Waals surface area contributed by atoms with Crippen molar-refractivity contribution >= 4 is 35.8 Å². The zero-order chi connectivity index (χ0) is 22.3. The minimum atomic E-state index is 0. The number of nitrogens with zero attached hydrogens (tertiary/aromatic N) is 4. The number of halogens is 1. The minimum absolute atomic E-state index is 0. The van der Waals surface area contributed by atoms with E-state index in [9.17, 15) is 4.79 Å². The number of benzene rings is 1. The number of ether oxygens (including phenoxy) is 1. The molecule has 180 valence electrons. The Morgan fingerprint density at radius 3 is 2.48 bits per heavy atom. The number of nitrogens with one attached hydrogen (secondary N) is 1. The van der Waals surface area contributed by atoms with Gasteiger partial charge in [0.1, 0.15) is 12.0 Å². The van der Waals surface area contributed by atoms with E-state index in [1.165, 1.54) is 5.56 Å². The number of carbonyl (C=O) groups excluding carboxylic acids is 1. The molecule has 2 aliphatic rings. The highest BCUT2D eigenvalue weighted by molar-refractivity contribution is 14.0. The molecule has 33 heavy (non-hydrogen) atoms. The lowest BCUT2D eigenvalue weighted by Crippen LogP contribution is -2.50. The molecule has 1 amide bonds. The number of guanidine groups is 1. The Labute approximate surface area is 212 Å². The largest absolute Gasteiger partial charge is 0.444 e. The van der Waals surface area contributed by atoms with Crippen LogP contribution in [0.15, 0.2) is 39.9 Å². The third-order valence-electron chi connectivity index (χ3n) is 6.04. The van der Waals surface area contributed by atoms with Crippen molar-refractivity contribution in [3.05, 3.63) is 41.8 Å². The third kappa shape index (κ3) is 6.69. The second-order valence-electron chi connectivity index (χ2n) is 8.38. The SMILES string of the molecule is CCNC(=NCc1coc(-c2ccc(C)cc2)n1)N1CCC(C(=O)N2CCOCC2)CC1.I. The van der Waals surface area contributed by atoms with Crippen LogP contribution in [-0.4, -0.2) is 72.6 Å². The highest BCUT2D eigenvalue weighted by Gasteiger charge is 2.30. The van der Waals surface area contributed by atoms with Gasteiger partial charge in [-0.2, -0.15) is 0 Å². The van der Waals surface area contributed by atoms with Crippen LogP contribution >= 0.6 is 24.0 Å². The summed E-state index contributed by atoms with van der Waals surface area (Å²) in [6.45, 7) is 9.73. The van der Waals surface area contributed by atoms with Gasteiger partial charge in [-0.25, -0.2) is 9.98 Å². The van der Waals surface area contributed by atoms with Gasteiger partial charge in [-0.15, -0.1) is 24.0 Å². The molecule has 9 heteroatoms. The van der Waals surface area contributed by atoms with Crippen LogP contribution < -0.4 is 5.32 Å². The fourth-order valence-electron chi connectivity index (χ4n) is 4.17. The van der Waals surface area contributed by atoms with Crippen LogP contribution in [0.5, 0.6) is 0 Å². The molecule has 2 aromatic rings. The standard InChI is InChI=1S/C24H33N5O3.HI/c1-3-25-24(26-16-21-17-32-22(27-21)19-6-4-18(2)5-7-19)29-10-8-20(9-11-29)23(30)28-12-14-31-15-13-28;/h4-7,17,20H,3,8-16H2,1-2H3,(H,25,26);1H. The van der Waals surface area contributed by atoms with Crippen molar-refractivity contribution in [2.24, 2.45) is 10.9 Å². The van der Waals surface area contributed by atoms with E-state index in [4.69, 9.17) is 14.1 Å². The van der Waals surface area contributed by atoms with Gasteiger partial charge in [-0.05, 0) is 38.8 Å². The molecule has 2 saturated heterocycles. The smallest absolute Gasteiger partial charge is 0.226 e. The number of hydrogen-bond acceptors (Lipinski definition) is 5. The van der Waals surface area contributed by atoms with Crippen molar-refractivity contribution in [1.82, 2.24) is 20.1 Å². The average molecular weight is 567 g/mol. The molecule has 1 N–H and O–H groups in total. The summed E-state index contributed by atoms with van der Waals surface area (Å²) in [5.41, 5.74) is 2.97. The molecule has 3 heterocycles. The van der Waals surface area contributed by atoms with E-state index in [1.54, 1.807) is 6.26 Å². The molecule has 0 unspecified atom stereocenters. The second-order valence-corrected chi connectivity index (χ2v) is 8.38. The number of rotatable bonds is 5. The van der Waals surface area contributed by atoms with Gasteiger partial charge in [0.25, 0.3) is 0 Å². The van der Waals surface area contributed by atoms with Crippen molar-refractivity contribution in [1.29, 1.82) is 0 Å². The van der Waals surface area contributed by atoms with Crippen molar-refractivity contribution in [2.75, 3.05) is 45.9 Å². The molecule has 1 aromatic carbocycles. The molecule has 8 nitrogen and oxygen atoms in total. The van der Waals surface area contributed by atoms with Gasteiger partial charge in [-0.1, -0.05) is 17.7 Å². The first-order valence-corrected chi connectivity index (χ1v) is 11.5. The Hall–Kier alpha value is -2.14. The van der Waals surface area contributed by atoms with Gasteiger partial charge in [0.15, 0.2) is 5.96 Å². The normalized spacial score (nSPS) is 17.6. The maximum Gasteiger partial charge on any atom is 0.226 e. The zero-order valence-electron chi connectivity index (χ0n) is 19.5. The van der Waals surface area contributed by atoms with Gasteiger partial charge in [0.05, 0.1) is 19.8 Å². The van der Waals surface area contributed by atoms with Crippen LogP contribution in [0, 0.1) is 12.8 Å². The summed E-state index contributed by atoms with van der Waals surface area (Å²) >= 11 is 0. The number of likely N-dealkylation sites (tertiary alicyclic amines) is 1. The summed E-state index contributed by atoms with van der Waals surface area (Å²) in [6, 6.07) is 8.13. The molecule has 4 rings (SSSR count). The minimum Gasteiger partial charge on any atom is -0.444 e. The van der Waals surface area contributed by atoms with Crippen LogP contribution in [0.1, 0.15) is 31.0 Å². The van der Waals surface area contributed by atoms with Crippen LogP contribution in [0.2, 0.25) is 0 Å². The number of aryl methyl sites for hydroxylation is 1. The predicted octanol–water partition coefficient (Wildman–Crippen LogP) is 3.30. The summed E-state index contributed by atoms with van der Waals surface area (Å²) in [4.78, 5) is 26.4. The topological polar surface area (TPSA) is 83.2 Å². The monoisotopic (exact) mass is 567 g/mol. The van der Waals surface area contributed by atoms with Gasteiger partial charge >= 0.3 is 0 Å². The van der Waals surface area contributed by atoms with E-state index in [-0.39, 0.29) is 35.8 Å². The third-order valence-corrected chi connectivity index (χ3v) is 6.04. The van der Waals surface area contributed by atoms with E-state index in [2.05, 4.69) is 29.0 Å². The second kappa shape index (κ2) is 12.4. The Kier molecular flexibility index (Phi) is 9.54. The fourth-order valence-corrected chi connectivity index (χ4v) is 4.17. The maximum absolute atomic E-state index is 12.8. The first-order valence-electron chi connectivity index (χ1n) is 11.5. The molecular formula is C24H34IN5O3. The predicted molar refractivity (Wildman–Crippen MR) is 139 cm³/mol. The number of oxazole rings is 1. The molecule has 1 aromatic heterocycles. The summed E-state index contributed by atoms with van der Waals surface area (Å²) in [6.07, 6.45) is 3.37. The first kappa shape index (κ1) is 25.5. The number of aliphatic imine (C=N–C) groups is 1. The number of carbonyl (C=O) groups is 1. The van der Waals surface area contributed by atoms with E-state index < -0.39 is 0 Å². The summed E-state index contributed by atoms with van der Waals surface area (Å²) < 4.78 is 11.0. The highest BCUT2D eigenvalue weighted by atomic mass is 127. The van der Waals surface area contributed by atoms with Crippen molar-refractivity contribution in [3.63, 3.8) is 0 Å². The average Bonchev–Trinajstić information content (AvgIpc) is 3.31. The number of morpholine rings is 1. The van der Waals surface area contributed by atoms with Gasteiger partial charge in [0.2, 0.25) is 11.8 Å². The van der Waals surface area contributed by atoms with Crippen LogP contribution in [0.4, 0.5) is 0 Å².